The molecule has 1 aromatic carbocycles. The summed E-state index contributed by atoms with van der Waals surface area (Å²) < 4.78 is 14.9. The minimum Gasteiger partial charge on any atom is -0.496 e. The molecular formula is C20H16N4O4S. The third-order valence-corrected chi connectivity index (χ3v) is 5.63. The monoisotopic (exact) mass is 408 g/mol. The maximum atomic E-state index is 11.8. The molecule has 1 aliphatic heterocycles. The van der Waals surface area contributed by atoms with Crippen LogP contribution in [-0.2, 0) is 13.7 Å². The molecule has 0 saturated carbocycles. The lowest BCUT2D eigenvalue weighted by Crippen LogP contribution is -2.10. The molecule has 0 radical (unpaired) electrons. The van der Waals surface area contributed by atoms with Gasteiger partial charge < -0.3 is 14.6 Å². The van der Waals surface area contributed by atoms with Crippen molar-refractivity contribution in [1.29, 1.82) is 0 Å². The fourth-order valence-electron chi connectivity index (χ4n) is 3.62. The van der Waals surface area contributed by atoms with Gasteiger partial charge in [0.05, 0.1) is 29.7 Å². The van der Waals surface area contributed by atoms with E-state index in [-0.39, 0.29) is 12.3 Å². The van der Waals surface area contributed by atoms with Gasteiger partial charge in [-0.3, -0.25) is 4.68 Å². The van der Waals surface area contributed by atoms with Gasteiger partial charge in [0.25, 0.3) is 0 Å². The molecule has 0 amide bonds. The number of aryl methyl sites for hydroxylation is 1. The minimum absolute atomic E-state index is 0.00486. The Morgan fingerprint density at radius 3 is 2.83 bits per heavy atom. The number of aromatic nitrogens is 4. The summed E-state index contributed by atoms with van der Waals surface area (Å²) in [6, 6.07) is 7.57. The molecule has 0 aliphatic carbocycles. The van der Waals surface area contributed by atoms with E-state index in [9.17, 15) is 9.90 Å². The van der Waals surface area contributed by atoms with Crippen LogP contribution in [0.4, 0.5) is 0 Å². The lowest BCUT2D eigenvalue weighted by Gasteiger charge is -2.22. The molecule has 4 heterocycles. The molecule has 1 aliphatic rings. The lowest BCUT2D eigenvalue weighted by atomic mass is 9.98. The normalized spacial score (nSPS) is 12.2. The number of hydrogen-bond donors (Lipinski definition) is 1. The van der Waals surface area contributed by atoms with Gasteiger partial charge in [0, 0.05) is 35.8 Å². The van der Waals surface area contributed by atoms with E-state index in [1.165, 1.54) is 11.3 Å². The van der Waals surface area contributed by atoms with E-state index < -0.39 is 5.97 Å². The summed E-state index contributed by atoms with van der Waals surface area (Å²) in [5.74, 6) is 0.187. The van der Waals surface area contributed by atoms with Crippen molar-refractivity contribution in [3.63, 3.8) is 0 Å². The third kappa shape index (κ3) is 2.62. The third-order valence-electron chi connectivity index (χ3n) is 4.96. The van der Waals surface area contributed by atoms with E-state index in [4.69, 9.17) is 9.47 Å². The summed E-state index contributed by atoms with van der Waals surface area (Å²) in [5, 5.41) is 22.1. The Hall–Kier alpha value is -3.59. The van der Waals surface area contributed by atoms with Crippen LogP contribution in [0.3, 0.4) is 0 Å². The highest BCUT2D eigenvalue weighted by atomic mass is 32.1. The van der Waals surface area contributed by atoms with Crippen molar-refractivity contribution in [3.05, 3.63) is 52.5 Å². The van der Waals surface area contributed by atoms with Gasteiger partial charge in [-0.25, -0.2) is 9.48 Å². The number of carboxylic acid groups (broad SMARTS) is 1. The summed E-state index contributed by atoms with van der Waals surface area (Å²) in [4.78, 5) is 11.8. The largest absolute Gasteiger partial charge is 0.496 e. The highest BCUT2D eigenvalue weighted by Gasteiger charge is 2.31. The van der Waals surface area contributed by atoms with Gasteiger partial charge >= 0.3 is 5.97 Å². The highest BCUT2D eigenvalue weighted by Crippen LogP contribution is 2.45. The van der Waals surface area contributed by atoms with Crippen molar-refractivity contribution in [2.75, 3.05) is 7.11 Å². The zero-order valence-corrected chi connectivity index (χ0v) is 16.4. The average molecular weight is 408 g/mol. The molecule has 9 heteroatoms. The molecule has 0 atom stereocenters. The Kier molecular flexibility index (Phi) is 3.92. The first-order valence-corrected chi connectivity index (χ1v) is 9.74. The van der Waals surface area contributed by atoms with E-state index in [0.29, 0.717) is 22.8 Å². The summed E-state index contributed by atoms with van der Waals surface area (Å²) in [7, 11) is 3.46. The number of methoxy groups -OCH3 is 1. The number of thiophene rings is 1. The number of fused-ring (bicyclic) bond motifs is 3. The first kappa shape index (κ1) is 17.5. The van der Waals surface area contributed by atoms with E-state index >= 15 is 0 Å². The number of aromatic carboxylic acids is 1. The molecule has 0 fully saturated rings. The van der Waals surface area contributed by atoms with Crippen LogP contribution in [-0.4, -0.2) is 37.7 Å². The maximum absolute atomic E-state index is 11.8. The summed E-state index contributed by atoms with van der Waals surface area (Å²) >= 11 is 1.52. The average Bonchev–Trinajstić information content (AvgIpc) is 3.45. The quantitative estimate of drug-likeness (QED) is 0.555. The van der Waals surface area contributed by atoms with E-state index in [0.717, 1.165) is 22.5 Å². The standard InChI is InChI=1S/C20H16N4O4S/c1-23-15(3-5-21-23)12-7-13-17(8-16(12)27-2)28-9-14-18(20(25)26)22-24(19(13)14)11-4-6-29-10-11/h3-8,10H,9H2,1-2H3,(H,25,26). The molecular weight excluding hydrogens is 392 g/mol. The first-order chi connectivity index (χ1) is 14.1. The molecule has 8 nitrogen and oxygen atoms in total. The van der Waals surface area contributed by atoms with Crippen LogP contribution in [0.25, 0.3) is 28.2 Å². The van der Waals surface area contributed by atoms with Crippen LogP contribution in [0.1, 0.15) is 16.1 Å². The van der Waals surface area contributed by atoms with Gasteiger partial charge in [0.15, 0.2) is 5.69 Å². The van der Waals surface area contributed by atoms with Crippen molar-refractivity contribution in [2.45, 2.75) is 6.61 Å². The van der Waals surface area contributed by atoms with Gasteiger partial charge in [0.2, 0.25) is 0 Å². The van der Waals surface area contributed by atoms with Crippen molar-refractivity contribution in [2.24, 2.45) is 7.05 Å². The fraction of sp³-hybridized carbons (Fsp3) is 0.150. The predicted octanol–water partition coefficient (Wildman–Crippen LogP) is 3.60. The van der Waals surface area contributed by atoms with Gasteiger partial charge in [-0.1, -0.05) is 0 Å². The number of benzene rings is 1. The van der Waals surface area contributed by atoms with Gasteiger partial charge in [-0.05, 0) is 23.6 Å². The van der Waals surface area contributed by atoms with Crippen LogP contribution in [0.15, 0.2) is 41.2 Å². The second-order valence-electron chi connectivity index (χ2n) is 6.55. The molecule has 5 rings (SSSR count). The zero-order valence-electron chi connectivity index (χ0n) is 15.6. The number of carbonyl (C=O) groups is 1. The van der Waals surface area contributed by atoms with E-state index in [1.807, 2.05) is 42.1 Å². The summed E-state index contributed by atoms with van der Waals surface area (Å²) in [5.41, 5.74) is 4.54. The number of ether oxygens (including phenoxy) is 2. The van der Waals surface area contributed by atoms with Crippen LogP contribution in [0, 0.1) is 0 Å². The van der Waals surface area contributed by atoms with Crippen LogP contribution in [0.5, 0.6) is 11.5 Å². The van der Waals surface area contributed by atoms with Crippen LogP contribution in [0.2, 0.25) is 0 Å². The van der Waals surface area contributed by atoms with Crippen molar-refractivity contribution < 1.29 is 19.4 Å². The molecule has 0 unspecified atom stereocenters. The molecule has 1 N–H and O–H groups in total. The maximum Gasteiger partial charge on any atom is 0.356 e. The molecule has 4 aromatic rings. The zero-order chi connectivity index (χ0) is 20.1. The SMILES string of the molecule is COc1cc2c(cc1-c1ccnn1C)-c1c(c(C(=O)O)nn1-c1ccsc1)CO2. The molecule has 146 valence electrons. The van der Waals surface area contributed by atoms with Gasteiger partial charge in [0.1, 0.15) is 18.1 Å². The van der Waals surface area contributed by atoms with Gasteiger partial charge in [-0.15, -0.1) is 0 Å². The Bertz CT molecular complexity index is 1240. The molecule has 29 heavy (non-hydrogen) atoms. The smallest absolute Gasteiger partial charge is 0.356 e. The minimum atomic E-state index is -1.08. The van der Waals surface area contributed by atoms with Crippen molar-refractivity contribution in [1.82, 2.24) is 19.6 Å². The van der Waals surface area contributed by atoms with Crippen LogP contribution >= 0.6 is 11.3 Å². The number of carboxylic acids is 1. The second kappa shape index (κ2) is 6.49. The first-order valence-electron chi connectivity index (χ1n) is 8.80. The second-order valence-corrected chi connectivity index (χ2v) is 7.33. The topological polar surface area (TPSA) is 91.4 Å². The number of hydrogen-bond acceptors (Lipinski definition) is 6. The highest BCUT2D eigenvalue weighted by molar-refractivity contribution is 7.08. The van der Waals surface area contributed by atoms with Gasteiger partial charge in [-0.2, -0.15) is 21.5 Å². The lowest BCUT2D eigenvalue weighted by molar-refractivity contribution is 0.0687. The number of nitrogens with zero attached hydrogens (tertiary/aromatic N) is 4. The van der Waals surface area contributed by atoms with Crippen molar-refractivity contribution >= 4 is 17.3 Å². The molecule has 0 spiro atoms. The Morgan fingerprint density at radius 1 is 1.31 bits per heavy atom. The Balaban J connectivity index is 1.81. The fourth-order valence-corrected chi connectivity index (χ4v) is 4.24. The summed E-state index contributed by atoms with van der Waals surface area (Å²) in [6.07, 6.45) is 1.72. The molecule has 0 bridgehead atoms. The Morgan fingerprint density at radius 2 is 2.17 bits per heavy atom. The van der Waals surface area contributed by atoms with Crippen molar-refractivity contribution in [3.8, 4) is 39.7 Å². The van der Waals surface area contributed by atoms with E-state index in [2.05, 4.69) is 10.2 Å². The van der Waals surface area contributed by atoms with E-state index in [1.54, 1.807) is 22.7 Å². The molecule has 0 saturated heterocycles. The Labute approximate surface area is 169 Å². The predicted molar refractivity (Wildman–Crippen MR) is 107 cm³/mol. The summed E-state index contributed by atoms with van der Waals surface area (Å²) in [6.45, 7) is 0.127. The van der Waals surface area contributed by atoms with Crippen LogP contribution < -0.4 is 9.47 Å². The number of rotatable bonds is 4. The molecule has 3 aromatic heterocycles.